The van der Waals surface area contributed by atoms with Crippen molar-refractivity contribution in [2.75, 3.05) is 17.7 Å². The summed E-state index contributed by atoms with van der Waals surface area (Å²) in [7, 11) is 0. The summed E-state index contributed by atoms with van der Waals surface area (Å²) in [6.07, 6.45) is 0. The molecule has 2 rings (SSSR count). The fourth-order valence-corrected chi connectivity index (χ4v) is 1.92. The van der Waals surface area contributed by atoms with Crippen LogP contribution < -0.4 is 15.8 Å². The van der Waals surface area contributed by atoms with Crippen LogP contribution in [-0.2, 0) is 6.54 Å². The van der Waals surface area contributed by atoms with Crippen molar-refractivity contribution in [3.63, 3.8) is 0 Å². The fourth-order valence-electron chi connectivity index (χ4n) is 1.73. The highest BCUT2D eigenvalue weighted by atomic mass is 35.5. The number of rotatable bonds is 6. The molecule has 0 amide bonds. The summed E-state index contributed by atoms with van der Waals surface area (Å²) in [5, 5.41) is 3.48. The van der Waals surface area contributed by atoms with E-state index in [1.165, 1.54) is 0 Å². The van der Waals surface area contributed by atoms with Crippen molar-refractivity contribution in [3.05, 3.63) is 41.0 Å². The van der Waals surface area contributed by atoms with Gasteiger partial charge in [-0.1, -0.05) is 37.6 Å². The first kappa shape index (κ1) is 15.4. The molecule has 21 heavy (non-hydrogen) atoms. The van der Waals surface area contributed by atoms with Crippen molar-refractivity contribution in [2.45, 2.75) is 20.4 Å². The molecular weight excluding hydrogens is 288 g/mol. The third kappa shape index (κ3) is 5.11. The number of nitrogens with two attached hydrogens (primary N) is 1. The van der Waals surface area contributed by atoms with Gasteiger partial charge < -0.3 is 15.8 Å². The SMILES string of the molecule is CC(C)COc1cccc(CNc2cc(Cl)nc(N)n2)c1. The van der Waals surface area contributed by atoms with Crippen molar-refractivity contribution in [3.8, 4) is 5.75 Å². The van der Waals surface area contributed by atoms with Crippen molar-refractivity contribution < 1.29 is 4.74 Å². The molecule has 0 radical (unpaired) electrons. The van der Waals surface area contributed by atoms with Crippen LogP contribution in [0.15, 0.2) is 30.3 Å². The highest BCUT2D eigenvalue weighted by Gasteiger charge is 2.02. The highest BCUT2D eigenvalue weighted by Crippen LogP contribution is 2.17. The average Bonchev–Trinajstić information content (AvgIpc) is 2.42. The van der Waals surface area contributed by atoms with Gasteiger partial charge in [0.25, 0.3) is 0 Å². The predicted molar refractivity (Wildman–Crippen MR) is 85.6 cm³/mol. The van der Waals surface area contributed by atoms with Gasteiger partial charge in [0.05, 0.1) is 6.61 Å². The molecule has 0 aliphatic carbocycles. The van der Waals surface area contributed by atoms with Crippen LogP contribution in [0, 0.1) is 5.92 Å². The first-order valence-corrected chi connectivity index (χ1v) is 7.16. The van der Waals surface area contributed by atoms with Gasteiger partial charge in [0.2, 0.25) is 5.95 Å². The fraction of sp³-hybridized carbons (Fsp3) is 0.333. The molecule has 5 nitrogen and oxygen atoms in total. The summed E-state index contributed by atoms with van der Waals surface area (Å²) in [6.45, 7) is 5.55. The van der Waals surface area contributed by atoms with Gasteiger partial charge in [0.15, 0.2) is 0 Å². The van der Waals surface area contributed by atoms with Crippen LogP contribution in [0.2, 0.25) is 5.15 Å². The minimum absolute atomic E-state index is 0.152. The van der Waals surface area contributed by atoms with Crippen molar-refractivity contribution in [1.82, 2.24) is 9.97 Å². The van der Waals surface area contributed by atoms with E-state index in [1.807, 2.05) is 24.3 Å². The van der Waals surface area contributed by atoms with Gasteiger partial charge >= 0.3 is 0 Å². The molecule has 2 aromatic rings. The van der Waals surface area contributed by atoms with E-state index in [-0.39, 0.29) is 5.95 Å². The van der Waals surface area contributed by atoms with Crippen LogP contribution >= 0.6 is 11.6 Å². The Morgan fingerprint density at radius 3 is 2.81 bits per heavy atom. The molecule has 112 valence electrons. The summed E-state index contributed by atoms with van der Waals surface area (Å²) in [5.41, 5.74) is 6.64. The zero-order valence-corrected chi connectivity index (χ0v) is 12.9. The number of nitrogens with zero attached hydrogens (tertiary/aromatic N) is 2. The molecule has 1 aromatic carbocycles. The Morgan fingerprint density at radius 1 is 1.29 bits per heavy atom. The number of aromatic nitrogens is 2. The number of nitrogens with one attached hydrogen (secondary N) is 1. The zero-order chi connectivity index (χ0) is 15.2. The first-order chi connectivity index (χ1) is 10.0. The van der Waals surface area contributed by atoms with Crippen LogP contribution in [0.1, 0.15) is 19.4 Å². The van der Waals surface area contributed by atoms with E-state index in [1.54, 1.807) is 6.07 Å². The number of benzene rings is 1. The van der Waals surface area contributed by atoms with Crippen LogP contribution in [0.25, 0.3) is 0 Å². The topological polar surface area (TPSA) is 73.1 Å². The maximum Gasteiger partial charge on any atom is 0.223 e. The molecule has 0 saturated carbocycles. The Hall–Kier alpha value is -2.01. The van der Waals surface area contributed by atoms with Gasteiger partial charge in [-0.15, -0.1) is 0 Å². The summed E-state index contributed by atoms with van der Waals surface area (Å²) in [4.78, 5) is 7.89. The van der Waals surface area contributed by atoms with Gasteiger partial charge in [-0.25, -0.2) is 4.98 Å². The Kier molecular flexibility index (Phi) is 5.22. The maximum absolute atomic E-state index is 5.84. The van der Waals surface area contributed by atoms with E-state index in [4.69, 9.17) is 22.1 Å². The number of ether oxygens (including phenoxy) is 1. The highest BCUT2D eigenvalue weighted by molar-refractivity contribution is 6.29. The van der Waals surface area contributed by atoms with Gasteiger partial charge in [0, 0.05) is 12.6 Å². The standard InChI is InChI=1S/C15H19ClN4O/c1-10(2)9-21-12-5-3-4-11(6-12)8-18-14-7-13(16)19-15(17)20-14/h3-7,10H,8-9H2,1-2H3,(H3,17,18,19,20). The molecular formula is C15H19ClN4O. The Labute approximate surface area is 129 Å². The van der Waals surface area contributed by atoms with Gasteiger partial charge in [-0.05, 0) is 23.6 Å². The Balaban J connectivity index is 1.98. The molecule has 1 heterocycles. The molecule has 0 atom stereocenters. The minimum Gasteiger partial charge on any atom is -0.493 e. The lowest BCUT2D eigenvalue weighted by Gasteiger charge is -2.11. The first-order valence-electron chi connectivity index (χ1n) is 6.78. The molecule has 3 N–H and O–H groups in total. The monoisotopic (exact) mass is 306 g/mol. The zero-order valence-electron chi connectivity index (χ0n) is 12.1. The quantitative estimate of drug-likeness (QED) is 0.801. The van der Waals surface area contributed by atoms with E-state index >= 15 is 0 Å². The van der Waals surface area contributed by atoms with Crippen LogP contribution in [0.4, 0.5) is 11.8 Å². The van der Waals surface area contributed by atoms with Gasteiger partial charge in [-0.2, -0.15) is 4.98 Å². The molecule has 0 unspecified atom stereocenters. The number of nitrogen functional groups attached to an aromatic ring is 1. The maximum atomic E-state index is 5.84. The summed E-state index contributed by atoms with van der Waals surface area (Å²) in [6, 6.07) is 9.57. The summed E-state index contributed by atoms with van der Waals surface area (Å²) >= 11 is 5.84. The summed E-state index contributed by atoms with van der Waals surface area (Å²) in [5.74, 6) is 2.11. The van der Waals surface area contributed by atoms with Crippen molar-refractivity contribution in [1.29, 1.82) is 0 Å². The van der Waals surface area contributed by atoms with Crippen molar-refractivity contribution >= 4 is 23.4 Å². The van der Waals surface area contributed by atoms with Crippen LogP contribution in [0.5, 0.6) is 5.75 Å². The van der Waals surface area contributed by atoms with E-state index < -0.39 is 0 Å². The molecule has 0 fully saturated rings. The summed E-state index contributed by atoms with van der Waals surface area (Å²) < 4.78 is 5.70. The molecule has 0 saturated heterocycles. The van der Waals surface area contributed by atoms with E-state index in [2.05, 4.69) is 29.1 Å². The second-order valence-electron chi connectivity index (χ2n) is 5.14. The second kappa shape index (κ2) is 7.13. The molecule has 0 aliphatic heterocycles. The van der Waals surface area contributed by atoms with E-state index in [0.29, 0.717) is 30.0 Å². The lowest BCUT2D eigenvalue weighted by molar-refractivity contribution is 0.271. The van der Waals surface area contributed by atoms with Gasteiger partial charge in [0.1, 0.15) is 16.7 Å². The van der Waals surface area contributed by atoms with E-state index in [0.717, 1.165) is 11.3 Å². The third-order valence-corrected chi connectivity index (χ3v) is 2.86. The number of halogens is 1. The minimum atomic E-state index is 0.152. The molecule has 0 bridgehead atoms. The van der Waals surface area contributed by atoms with Crippen molar-refractivity contribution in [2.24, 2.45) is 5.92 Å². The number of anilines is 2. The smallest absolute Gasteiger partial charge is 0.223 e. The Bertz CT molecular complexity index is 584. The lowest BCUT2D eigenvalue weighted by Crippen LogP contribution is -2.06. The largest absolute Gasteiger partial charge is 0.493 e. The molecule has 6 heteroatoms. The third-order valence-electron chi connectivity index (χ3n) is 2.67. The Morgan fingerprint density at radius 2 is 2.10 bits per heavy atom. The van der Waals surface area contributed by atoms with Gasteiger partial charge in [-0.3, -0.25) is 0 Å². The molecule has 0 spiro atoms. The predicted octanol–water partition coefficient (Wildman–Crippen LogP) is 3.36. The van der Waals surface area contributed by atoms with Crippen LogP contribution in [0.3, 0.4) is 0 Å². The molecule has 1 aromatic heterocycles. The average molecular weight is 307 g/mol. The lowest BCUT2D eigenvalue weighted by atomic mass is 10.2. The number of hydrogen-bond donors (Lipinski definition) is 2. The van der Waals surface area contributed by atoms with Crippen LogP contribution in [-0.4, -0.2) is 16.6 Å². The van der Waals surface area contributed by atoms with E-state index in [9.17, 15) is 0 Å². The normalized spacial score (nSPS) is 10.7. The molecule has 0 aliphatic rings. The number of hydrogen-bond acceptors (Lipinski definition) is 5. The second-order valence-corrected chi connectivity index (χ2v) is 5.53.